The quantitative estimate of drug-likeness (QED) is 0.624. The number of nitrogens with zero attached hydrogens (tertiary/aromatic N) is 1. The van der Waals surface area contributed by atoms with E-state index in [1.165, 1.54) is 7.11 Å². The third-order valence-corrected chi connectivity index (χ3v) is 2.28. The lowest BCUT2D eigenvalue weighted by atomic mass is 10.1. The molecule has 1 atom stereocenters. The van der Waals surface area contributed by atoms with E-state index in [2.05, 4.69) is 10.1 Å². The van der Waals surface area contributed by atoms with E-state index in [1.54, 1.807) is 11.9 Å². The molecule has 1 aliphatic heterocycles. The highest BCUT2D eigenvalue weighted by molar-refractivity contribution is 5.67. The van der Waals surface area contributed by atoms with Gasteiger partial charge in [-0.25, -0.2) is 4.79 Å². The van der Waals surface area contributed by atoms with Crippen LogP contribution < -0.4 is 5.32 Å². The number of nitrogens with one attached hydrogen (secondary N) is 1. The van der Waals surface area contributed by atoms with E-state index in [-0.39, 0.29) is 6.09 Å². The van der Waals surface area contributed by atoms with Gasteiger partial charge in [0.25, 0.3) is 0 Å². The molecule has 0 aromatic rings. The van der Waals surface area contributed by atoms with Gasteiger partial charge in [-0.15, -0.1) is 0 Å². The van der Waals surface area contributed by atoms with E-state index < -0.39 is 0 Å². The normalized spacial score (nSPS) is 23.3. The molecule has 0 aliphatic carbocycles. The van der Waals surface area contributed by atoms with Gasteiger partial charge >= 0.3 is 6.09 Å². The highest BCUT2D eigenvalue weighted by atomic mass is 16.5. The SMILES string of the molecule is COC(=O)N(C)C1CCCNC1. The van der Waals surface area contributed by atoms with E-state index in [0.717, 1.165) is 25.9 Å². The van der Waals surface area contributed by atoms with Crippen molar-refractivity contribution in [3.8, 4) is 0 Å². The van der Waals surface area contributed by atoms with Crippen molar-refractivity contribution in [3.63, 3.8) is 0 Å². The Morgan fingerprint density at radius 2 is 2.42 bits per heavy atom. The van der Waals surface area contributed by atoms with Gasteiger partial charge in [0.2, 0.25) is 0 Å². The molecule has 4 nitrogen and oxygen atoms in total. The highest BCUT2D eigenvalue weighted by Crippen LogP contribution is 2.08. The fourth-order valence-electron chi connectivity index (χ4n) is 1.46. The number of carbonyl (C=O) groups is 1. The van der Waals surface area contributed by atoms with Crippen molar-refractivity contribution in [1.82, 2.24) is 10.2 Å². The fraction of sp³-hybridized carbons (Fsp3) is 0.875. The van der Waals surface area contributed by atoms with Gasteiger partial charge in [0.15, 0.2) is 0 Å². The van der Waals surface area contributed by atoms with Gasteiger partial charge in [-0.3, -0.25) is 0 Å². The Morgan fingerprint density at radius 3 is 2.92 bits per heavy atom. The summed E-state index contributed by atoms with van der Waals surface area (Å²) >= 11 is 0. The lowest BCUT2D eigenvalue weighted by molar-refractivity contribution is 0.111. The summed E-state index contributed by atoms with van der Waals surface area (Å²) in [5, 5.41) is 3.25. The van der Waals surface area contributed by atoms with Crippen LogP contribution in [0.4, 0.5) is 4.79 Å². The maximum absolute atomic E-state index is 11.1. The molecule has 1 fully saturated rings. The number of likely N-dealkylation sites (N-methyl/N-ethyl adjacent to an activating group) is 1. The standard InChI is InChI=1S/C8H16N2O2/c1-10(8(11)12-2)7-4-3-5-9-6-7/h7,9H,3-6H2,1-2H3. The number of hydrogen-bond acceptors (Lipinski definition) is 3. The monoisotopic (exact) mass is 172 g/mol. The number of hydrogen-bond donors (Lipinski definition) is 1. The van der Waals surface area contributed by atoms with Crippen molar-refractivity contribution in [3.05, 3.63) is 0 Å². The average Bonchev–Trinajstić information content (AvgIpc) is 2.17. The molecule has 0 bridgehead atoms. The van der Waals surface area contributed by atoms with Crippen LogP contribution in [0.2, 0.25) is 0 Å². The summed E-state index contributed by atoms with van der Waals surface area (Å²) in [6.45, 7) is 1.94. The molecule has 0 aromatic carbocycles. The molecule has 1 amide bonds. The predicted molar refractivity (Wildman–Crippen MR) is 46.1 cm³/mol. The average molecular weight is 172 g/mol. The van der Waals surface area contributed by atoms with Gasteiger partial charge in [-0.2, -0.15) is 0 Å². The molecule has 0 spiro atoms. The van der Waals surface area contributed by atoms with Crippen LogP contribution >= 0.6 is 0 Å². The van der Waals surface area contributed by atoms with E-state index >= 15 is 0 Å². The maximum atomic E-state index is 11.1. The zero-order valence-corrected chi connectivity index (χ0v) is 7.67. The largest absolute Gasteiger partial charge is 0.453 e. The van der Waals surface area contributed by atoms with E-state index in [0.29, 0.717) is 6.04 Å². The Kier molecular flexibility index (Phi) is 3.34. The topological polar surface area (TPSA) is 41.6 Å². The second-order valence-electron chi connectivity index (χ2n) is 3.08. The first-order chi connectivity index (χ1) is 5.75. The van der Waals surface area contributed by atoms with Crippen LogP contribution in [0.15, 0.2) is 0 Å². The number of ether oxygens (including phenoxy) is 1. The smallest absolute Gasteiger partial charge is 0.409 e. The van der Waals surface area contributed by atoms with Crippen LogP contribution in [0.25, 0.3) is 0 Å². The van der Waals surface area contributed by atoms with Crippen LogP contribution in [0.1, 0.15) is 12.8 Å². The molecule has 70 valence electrons. The van der Waals surface area contributed by atoms with Crippen LogP contribution in [-0.2, 0) is 4.74 Å². The summed E-state index contributed by atoms with van der Waals surface area (Å²) in [6, 6.07) is 0.297. The summed E-state index contributed by atoms with van der Waals surface area (Å²) in [5.74, 6) is 0. The molecule has 0 saturated carbocycles. The van der Waals surface area contributed by atoms with Crippen LogP contribution in [0.5, 0.6) is 0 Å². The summed E-state index contributed by atoms with van der Waals surface area (Å²) in [5.41, 5.74) is 0. The lowest BCUT2D eigenvalue weighted by Gasteiger charge is -2.30. The van der Waals surface area contributed by atoms with Crippen LogP contribution in [-0.4, -0.2) is 44.3 Å². The molecular formula is C8H16N2O2. The Morgan fingerprint density at radius 1 is 1.67 bits per heavy atom. The minimum Gasteiger partial charge on any atom is -0.453 e. The maximum Gasteiger partial charge on any atom is 0.409 e. The first-order valence-corrected chi connectivity index (χ1v) is 4.27. The minimum absolute atomic E-state index is 0.247. The number of piperidine rings is 1. The lowest BCUT2D eigenvalue weighted by Crippen LogP contribution is -2.46. The van der Waals surface area contributed by atoms with Gasteiger partial charge in [0.1, 0.15) is 0 Å². The first kappa shape index (κ1) is 9.32. The molecule has 1 unspecified atom stereocenters. The molecule has 1 saturated heterocycles. The summed E-state index contributed by atoms with van der Waals surface area (Å²) in [4.78, 5) is 12.7. The molecule has 0 radical (unpaired) electrons. The molecule has 1 rings (SSSR count). The Balaban J connectivity index is 2.39. The van der Waals surface area contributed by atoms with Crippen molar-refractivity contribution in [2.75, 3.05) is 27.2 Å². The fourth-order valence-corrected chi connectivity index (χ4v) is 1.46. The van der Waals surface area contributed by atoms with E-state index in [4.69, 9.17) is 0 Å². The zero-order valence-electron chi connectivity index (χ0n) is 7.67. The molecule has 12 heavy (non-hydrogen) atoms. The molecule has 1 aliphatic rings. The number of methoxy groups -OCH3 is 1. The minimum atomic E-state index is -0.247. The summed E-state index contributed by atoms with van der Waals surface area (Å²) in [7, 11) is 3.19. The third-order valence-electron chi connectivity index (χ3n) is 2.28. The molecule has 1 N–H and O–H groups in total. The highest BCUT2D eigenvalue weighted by Gasteiger charge is 2.21. The summed E-state index contributed by atoms with van der Waals surface area (Å²) in [6.07, 6.45) is 1.95. The van der Waals surface area contributed by atoms with Gasteiger partial charge < -0.3 is 15.0 Å². The van der Waals surface area contributed by atoms with Crippen molar-refractivity contribution in [1.29, 1.82) is 0 Å². The Bertz CT molecular complexity index is 155. The number of amides is 1. The molecule has 1 heterocycles. The van der Waals surface area contributed by atoms with Gasteiger partial charge in [0, 0.05) is 19.6 Å². The first-order valence-electron chi connectivity index (χ1n) is 4.27. The van der Waals surface area contributed by atoms with Crippen molar-refractivity contribution >= 4 is 6.09 Å². The Labute approximate surface area is 72.9 Å². The zero-order chi connectivity index (χ0) is 8.97. The van der Waals surface area contributed by atoms with Crippen LogP contribution in [0, 0.1) is 0 Å². The van der Waals surface area contributed by atoms with Crippen LogP contribution in [0.3, 0.4) is 0 Å². The third kappa shape index (κ3) is 2.11. The van der Waals surface area contributed by atoms with Gasteiger partial charge in [-0.05, 0) is 19.4 Å². The molecule has 0 aromatic heterocycles. The van der Waals surface area contributed by atoms with Gasteiger partial charge in [0.05, 0.1) is 7.11 Å². The molecular weight excluding hydrogens is 156 g/mol. The van der Waals surface area contributed by atoms with Crippen molar-refractivity contribution < 1.29 is 9.53 Å². The van der Waals surface area contributed by atoms with Crippen molar-refractivity contribution in [2.45, 2.75) is 18.9 Å². The molecule has 4 heteroatoms. The predicted octanol–water partition coefficient (Wildman–Crippen LogP) is 0.437. The number of carbonyl (C=O) groups excluding carboxylic acids is 1. The Hall–Kier alpha value is -0.770. The second kappa shape index (κ2) is 4.30. The van der Waals surface area contributed by atoms with E-state index in [1.807, 2.05) is 0 Å². The second-order valence-corrected chi connectivity index (χ2v) is 3.08. The van der Waals surface area contributed by atoms with Gasteiger partial charge in [-0.1, -0.05) is 0 Å². The van der Waals surface area contributed by atoms with E-state index in [9.17, 15) is 4.79 Å². The number of rotatable bonds is 1. The summed E-state index contributed by atoms with van der Waals surface area (Å²) < 4.78 is 4.62. The van der Waals surface area contributed by atoms with Crippen molar-refractivity contribution in [2.24, 2.45) is 0 Å².